The molecule has 3 rings (SSSR count). The maximum atomic E-state index is 13.7. The van der Waals surface area contributed by atoms with Crippen molar-refractivity contribution < 1.29 is 53.8 Å². The van der Waals surface area contributed by atoms with Crippen LogP contribution in [0.5, 0.6) is 0 Å². The second-order valence-electron chi connectivity index (χ2n) is 8.31. The first-order valence-electron chi connectivity index (χ1n) is 10.6. The van der Waals surface area contributed by atoms with Crippen LogP contribution in [0.15, 0.2) is 12.4 Å². The molecule has 1 aromatic heterocycles. The summed E-state index contributed by atoms with van der Waals surface area (Å²) in [4.78, 5) is 22.0. The quantitative estimate of drug-likeness (QED) is 0.452. The van der Waals surface area contributed by atoms with Crippen molar-refractivity contribution >= 4 is 11.9 Å². The molecule has 2 fully saturated rings. The number of nitrogens with one attached hydrogen (secondary N) is 1. The number of morpholine rings is 1. The lowest BCUT2D eigenvalue weighted by molar-refractivity contribution is -0.383. The zero-order valence-electron chi connectivity index (χ0n) is 18.7. The predicted octanol–water partition coefficient (Wildman–Crippen LogP) is 2.40. The minimum Gasteiger partial charge on any atom is -0.428 e. The fraction of sp³-hybridized carbons (Fsp3) is 0.737. The molecule has 2 saturated heterocycles. The molecular weight excluding hydrogens is 517 g/mol. The lowest BCUT2D eigenvalue weighted by atomic mass is 9.94. The van der Waals surface area contributed by atoms with Gasteiger partial charge >= 0.3 is 30.1 Å². The van der Waals surface area contributed by atoms with E-state index in [0.29, 0.717) is 39.4 Å². The van der Waals surface area contributed by atoms with Crippen molar-refractivity contribution in [1.82, 2.24) is 20.2 Å². The number of piperazine rings is 1. The number of hydrogen-bond donors (Lipinski definition) is 1. The average molecular weight is 539 g/mol. The van der Waals surface area contributed by atoms with Crippen molar-refractivity contribution in [2.75, 3.05) is 50.8 Å². The third-order valence-electron chi connectivity index (χ3n) is 5.88. The van der Waals surface area contributed by atoms with E-state index in [0.717, 1.165) is 0 Å². The van der Waals surface area contributed by atoms with Crippen molar-refractivity contribution in [3.8, 4) is 0 Å². The molecule has 0 saturated carbocycles. The Hall–Kier alpha value is -2.40. The highest BCUT2D eigenvalue weighted by atomic mass is 19.4. The summed E-state index contributed by atoms with van der Waals surface area (Å²) in [7, 11) is 0. The first kappa shape index (κ1) is 28.2. The summed E-state index contributed by atoms with van der Waals surface area (Å²) in [6.45, 7) is 5.06. The summed E-state index contributed by atoms with van der Waals surface area (Å²) in [5, 5.41) is 3.13. The van der Waals surface area contributed by atoms with Gasteiger partial charge in [0, 0.05) is 51.2 Å². The molecule has 2 aliphatic rings. The average Bonchev–Trinajstić information content (AvgIpc) is 2.77. The van der Waals surface area contributed by atoms with Crippen molar-refractivity contribution in [3.05, 3.63) is 18.0 Å². The number of aromatic nitrogens is 2. The lowest BCUT2D eigenvalue weighted by Crippen LogP contribution is -2.59. The first-order chi connectivity index (χ1) is 16.6. The number of nitrogens with zero attached hydrogens (tertiary/aromatic N) is 4. The Morgan fingerprint density at radius 3 is 2.22 bits per heavy atom. The molecule has 204 valence electrons. The largest absolute Gasteiger partial charge is 0.490 e. The third kappa shape index (κ3) is 5.61. The number of anilines is 1. The maximum Gasteiger partial charge on any atom is 0.490 e. The summed E-state index contributed by atoms with van der Waals surface area (Å²) in [5.74, 6) is -3.89. The van der Waals surface area contributed by atoms with Crippen LogP contribution in [-0.2, 0) is 19.9 Å². The van der Waals surface area contributed by atoms with Gasteiger partial charge in [0.15, 0.2) is 0 Å². The molecule has 0 aliphatic carbocycles. The number of rotatable bonds is 5. The van der Waals surface area contributed by atoms with Crippen molar-refractivity contribution in [2.24, 2.45) is 0 Å². The molecule has 36 heavy (non-hydrogen) atoms. The van der Waals surface area contributed by atoms with Crippen LogP contribution in [0.3, 0.4) is 0 Å². The van der Waals surface area contributed by atoms with Crippen LogP contribution < -0.4 is 10.2 Å². The van der Waals surface area contributed by atoms with Crippen LogP contribution in [0, 0.1) is 0 Å². The Morgan fingerprint density at radius 1 is 1.08 bits per heavy atom. The second-order valence-corrected chi connectivity index (χ2v) is 8.31. The standard InChI is InChI=1S/C19H22F9N5O3/c1-11-10-35-5-4-32(11)9-13-8-29-2-3-33(13)15-30-6-12(7-31-15)16(18(23,24)25,19(26,27)28)36-14(34)17(20,21)22/h6-7,11,13,29H,2-5,8-10H2,1H3/t11-,13-/m1/s1. The molecule has 0 amide bonds. The number of carbonyl (C=O) groups is 1. The first-order valence-corrected chi connectivity index (χ1v) is 10.6. The van der Waals surface area contributed by atoms with Crippen LogP contribution in [0.2, 0.25) is 0 Å². The normalized spacial score (nSPS) is 23.0. The molecular formula is C19H22F9N5O3. The maximum absolute atomic E-state index is 13.7. The van der Waals surface area contributed by atoms with Crippen molar-refractivity contribution in [1.29, 1.82) is 0 Å². The number of alkyl halides is 9. The Morgan fingerprint density at radius 2 is 1.69 bits per heavy atom. The van der Waals surface area contributed by atoms with E-state index in [9.17, 15) is 44.3 Å². The van der Waals surface area contributed by atoms with Crippen molar-refractivity contribution in [3.63, 3.8) is 0 Å². The van der Waals surface area contributed by atoms with Gasteiger partial charge in [0.05, 0.1) is 24.8 Å². The number of hydrogen-bond acceptors (Lipinski definition) is 8. The summed E-state index contributed by atoms with van der Waals surface area (Å²) < 4.78 is 128. The molecule has 1 aromatic rings. The van der Waals surface area contributed by atoms with Crippen LogP contribution in [0.4, 0.5) is 45.5 Å². The number of halogens is 9. The molecule has 1 N–H and O–H groups in total. The van der Waals surface area contributed by atoms with E-state index >= 15 is 0 Å². The van der Waals surface area contributed by atoms with Gasteiger partial charge in [0.2, 0.25) is 5.95 Å². The van der Waals surface area contributed by atoms with Gasteiger partial charge in [-0.2, -0.15) is 39.5 Å². The van der Waals surface area contributed by atoms with E-state index in [1.165, 1.54) is 0 Å². The summed E-state index contributed by atoms with van der Waals surface area (Å²) in [5.41, 5.74) is -7.55. The van der Waals surface area contributed by atoms with Crippen LogP contribution in [-0.4, -0.2) is 97.4 Å². The number of ether oxygens (including phenoxy) is 2. The van der Waals surface area contributed by atoms with Gasteiger partial charge in [-0.15, -0.1) is 0 Å². The number of carbonyl (C=O) groups excluding carboxylic acids is 1. The van der Waals surface area contributed by atoms with Gasteiger partial charge in [0.1, 0.15) is 0 Å². The van der Waals surface area contributed by atoms with E-state index in [-0.39, 0.29) is 37.0 Å². The lowest BCUT2D eigenvalue weighted by Gasteiger charge is -2.42. The third-order valence-corrected chi connectivity index (χ3v) is 5.88. The van der Waals surface area contributed by atoms with Crippen molar-refractivity contribution in [2.45, 2.75) is 43.1 Å². The van der Waals surface area contributed by atoms with E-state index in [1.807, 2.05) is 6.92 Å². The summed E-state index contributed by atoms with van der Waals surface area (Å²) in [6, 6.07) is -0.253. The monoisotopic (exact) mass is 539 g/mol. The zero-order valence-corrected chi connectivity index (χ0v) is 18.7. The molecule has 3 heterocycles. The molecule has 0 radical (unpaired) electrons. The molecule has 0 spiro atoms. The predicted molar refractivity (Wildman–Crippen MR) is 104 cm³/mol. The second kappa shape index (κ2) is 10.2. The molecule has 0 aromatic carbocycles. The topological polar surface area (TPSA) is 79.8 Å². The van der Waals surface area contributed by atoms with E-state index < -0.39 is 35.7 Å². The molecule has 8 nitrogen and oxygen atoms in total. The van der Waals surface area contributed by atoms with E-state index in [4.69, 9.17) is 4.74 Å². The number of esters is 1. The smallest absolute Gasteiger partial charge is 0.428 e. The molecule has 0 bridgehead atoms. The molecule has 2 aliphatic heterocycles. The highest BCUT2D eigenvalue weighted by Gasteiger charge is 2.76. The Balaban J connectivity index is 1.95. The highest BCUT2D eigenvalue weighted by Crippen LogP contribution is 2.53. The van der Waals surface area contributed by atoms with Gasteiger partial charge in [-0.3, -0.25) is 4.90 Å². The van der Waals surface area contributed by atoms with Gasteiger partial charge in [-0.25, -0.2) is 14.8 Å². The molecule has 0 unspecified atom stereocenters. The van der Waals surface area contributed by atoms with Crippen LogP contribution >= 0.6 is 0 Å². The SMILES string of the molecule is C[C@@H]1COCCN1C[C@H]1CNCCN1c1ncc(C(OC(=O)C(F)(F)F)(C(F)(F)F)C(F)(F)F)cn1. The fourth-order valence-corrected chi connectivity index (χ4v) is 4.00. The van der Waals surface area contributed by atoms with Gasteiger partial charge < -0.3 is 19.7 Å². The van der Waals surface area contributed by atoms with Crippen LogP contribution in [0.1, 0.15) is 12.5 Å². The minimum absolute atomic E-state index is 0.0633. The molecule has 2 atom stereocenters. The van der Waals surface area contributed by atoms with Gasteiger partial charge in [-0.05, 0) is 6.92 Å². The Bertz CT molecular complexity index is 894. The zero-order chi connectivity index (χ0) is 26.9. The van der Waals surface area contributed by atoms with Gasteiger partial charge in [-0.1, -0.05) is 0 Å². The highest BCUT2D eigenvalue weighted by molar-refractivity contribution is 5.76. The van der Waals surface area contributed by atoms with Gasteiger partial charge in [0.25, 0.3) is 0 Å². The minimum atomic E-state index is -6.51. The van der Waals surface area contributed by atoms with Crippen LogP contribution in [0.25, 0.3) is 0 Å². The Kier molecular flexibility index (Phi) is 7.95. The fourth-order valence-electron chi connectivity index (χ4n) is 4.00. The summed E-state index contributed by atoms with van der Waals surface area (Å²) in [6.07, 6.45) is -19.0. The Labute approximate surface area is 198 Å². The van der Waals surface area contributed by atoms with E-state index in [1.54, 1.807) is 4.90 Å². The summed E-state index contributed by atoms with van der Waals surface area (Å²) >= 11 is 0. The van der Waals surface area contributed by atoms with E-state index in [2.05, 4.69) is 24.9 Å². The molecule has 17 heteroatoms.